The Hall–Kier alpha value is -3.22. The Morgan fingerprint density at radius 3 is 2.54 bits per heavy atom. The number of likely N-dealkylation sites (tertiary alicyclic amines) is 1. The van der Waals surface area contributed by atoms with Gasteiger partial charge in [-0.3, -0.25) is 9.59 Å². The molecule has 2 fully saturated rings. The maximum absolute atomic E-state index is 15.4. The van der Waals surface area contributed by atoms with Crippen molar-refractivity contribution < 1.29 is 19.1 Å². The van der Waals surface area contributed by atoms with Gasteiger partial charge in [0.1, 0.15) is 17.2 Å². The number of carboxylic acid groups (broad SMARTS) is 1. The van der Waals surface area contributed by atoms with E-state index in [0.29, 0.717) is 29.7 Å². The lowest BCUT2D eigenvalue weighted by atomic mass is 9.78. The van der Waals surface area contributed by atoms with Crippen molar-refractivity contribution in [3.63, 3.8) is 0 Å². The Labute approximate surface area is 217 Å². The summed E-state index contributed by atoms with van der Waals surface area (Å²) >= 11 is 0. The van der Waals surface area contributed by atoms with Crippen LogP contribution in [0.5, 0.6) is 0 Å². The zero-order valence-corrected chi connectivity index (χ0v) is 21.8. The van der Waals surface area contributed by atoms with Crippen molar-refractivity contribution in [2.24, 2.45) is 5.92 Å². The van der Waals surface area contributed by atoms with Crippen molar-refractivity contribution in [3.8, 4) is 11.1 Å². The largest absolute Gasteiger partial charge is 0.481 e. The van der Waals surface area contributed by atoms with E-state index in [-0.39, 0.29) is 29.6 Å². The van der Waals surface area contributed by atoms with E-state index < -0.39 is 5.97 Å². The van der Waals surface area contributed by atoms with Crippen molar-refractivity contribution in [2.45, 2.75) is 83.6 Å². The van der Waals surface area contributed by atoms with Gasteiger partial charge >= 0.3 is 5.97 Å². The molecule has 3 heterocycles. The minimum atomic E-state index is -0.730. The molecule has 6 nitrogen and oxygen atoms in total. The topological polar surface area (TPSA) is 74.9 Å². The number of hydrogen-bond acceptors (Lipinski definition) is 3. The standard InChI is InChI=1S/C30H36FN3O3/c1-3-24-17-27(29(35)33-14-6-4-5-7-19(33)2)32-28-16-23(18-34(24)28)25-13-12-22(15-26(25)31)20-8-10-21(11-9-20)30(36)37/h12-13,15-21H,3-11,14H2,1-2H3,(H,36,37)/t19-,20?,21?/m1/s1. The summed E-state index contributed by atoms with van der Waals surface area (Å²) in [5.41, 5.74) is 4.24. The summed E-state index contributed by atoms with van der Waals surface area (Å²) in [4.78, 5) is 31.3. The van der Waals surface area contributed by atoms with Gasteiger partial charge in [0, 0.05) is 35.6 Å². The summed E-state index contributed by atoms with van der Waals surface area (Å²) in [5.74, 6) is -1.14. The van der Waals surface area contributed by atoms with Crippen LogP contribution in [0.25, 0.3) is 16.8 Å². The van der Waals surface area contributed by atoms with Crippen LogP contribution in [0.4, 0.5) is 4.39 Å². The van der Waals surface area contributed by atoms with Crippen molar-refractivity contribution >= 4 is 17.5 Å². The number of aromatic nitrogens is 2. The highest BCUT2D eigenvalue weighted by molar-refractivity contribution is 5.93. The predicted molar refractivity (Wildman–Crippen MR) is 141 cm³/mol. The van der Waals surface area contributed by atoms with Gasteiger partial charge in [-0.2, -0.15) is 0 Å². The van der Waals surface area contributed by atoms with E-state index in [1.165, 1.54) is 0 Å². The summed E-state index contributed by atoms with van der Waals surface area (Å²) in [5, 5.41) is 9.25. The van der Waals surface area contributed by atoms with Crippen molar-refractivity contribution in [3.05, 3.63) is 59.3 Å². The van der Waals surface area contributed by atoms with Gasteiger partial charge in [-0.1, -0.05) is 31.9 Å². The second-order valence-electron chi connectivity index (χ2n) is 10.8. The molecule has 1 N–H and O–H groups in total. The average molecular weight is 506 g/mol. The van der Waals surface area contributed by atoms with Gasteiger partial charge in [0.15, 0.2) is 0 Å². The van der Waals surface area contributed by atoms with Crippen LogP contribution in [0.3, 0.4) is 0 Å². The minimum absolute atomic E-state index is 0.0255. The SMILES string of the molecule is CCc1cc(C(=O)N2CCCCC[C@H]2C)nc2cc(-c3ccc(C4CCC(C(=O)O)CC4)cc3F)cn12. The summed E-state index contributed by atoms with van der Waals surface area (Å²) in [6, 6.07) is 9.33. The van der Waals surface area contributed by atoms with Crippen LogP contribution in [-0.4, -0.2) is 43.9 Å². The van der Waals surface area contributed by atoms with Gasteiger partial charge in [0.25, 0.3) is 5.91 Å². The molecule has 1 aliphatic carbocycles. The molecule has 1 amide bonds. The smallest absolute Gasteiger partial charge is 0.306 e. The Bertz CT molecular complexity index is 1310. The van der Waals surface area contributed by atoms with Gasteiger partial charge in [-0.15, -0.1) is 0 Å². The number of rotatable bonds is 5. The molecule has 5 rings (SSSR count). The quantitative estimate of drug-likeness (QED) is 0.431. The number of carboxylic acids is 1. The molecule has 7 heteroatoms. The number of halogens is 1. The molecule has 0 unspecified atom stereocenters. The molecular formula is C30H36FN3O3. The van der Waals surface area contributed by atoms with E-state index in [0.717, 1.165) is 68.3 Å². The second kappa shape index (κ2) is 10.6. The molecule has 1 saturated heterocycles. The predicted octanol–water partition coefficient (Wildman–Crippen LogP) is 6.47. The number of nitrogens with zero attached hydrogens (tertiary/aromatic N) is 3. The Balaban J connectivity index is 1.42. The molecule has 1 aliphatic heterocycles. The molecular weight excluding hydrogens is 469 g/mol. The summed E-state index contributed by atoms with van der Waals surface area (Å²) < 4.78 is 17.3. The van der Waals surface area contributed by atoms with Gasteiger partial charge in [0.05, 0.1) is 5.92 Å². The lowest BCUT2D eigenvalue weighted by Crippen LogP contribution is -2.38. The van der Waals surface area contributed by atoms with E-state index in [1.54, 1.807) is 6.07 Å². The van der Waals surface area contributed by atoms with Crippen LogP contribution >= 0.6 is 0 Å². The van der Waals surface area contributed by atoms with E-state index in [9.17, 15) is 14.7 Å². The van der Waals surface area contributed by atoms with E-state index in [4.69, 9.17) is 4.98 Å². The Morgan fingerprint density at radius 1 is 1.05 bits per heavy atom. The summed E-state index contributed by atoms with van der Waals surface area (Å²) in [6.45, 7) is 4.92. The summed E-state index contributed by atoms with van der Waals surface area (Å²) in [6.07, 6.45) is 9.76. The fraction of sp³-hybridized carbons (Fsp3) is 0.500. The van der Waals surface area contributed by atoms with E-state index >= 15 is 4.39 Å². The average Bonchev–Trinajstić information content (AvgIpc) is 3.21. The highest BCUT2D eigenvalue weighted by atomic mass is 19.1. The van der Waals surface area contributed by atoms with Gasteiger partial charge in [0.2, 0.25) is 0 Å². The first-order valence-electron chi connectivity index (χ1n) is 13.7. The van der Waals surface area contributed by atoms with Crippen molar-refractivity contribution in [2.75, 3.05) is 6.54 Å². The minimum Gasteiger partial charge on any atom is -0.481 e. The molecule has 196 valence electrons. The maximum atomic E-state index is 15.4. The molecule has 0 bridgehead atoms. The molecule has 1 saturated carbocycles. The number of hydrogen-bond donors (Lipinski definition) is 1. The van der Waals surface area contributed by atoms with E-state index in [1.807, 2.05) is 46.7 Å². The fourth-order valence-corrected chi connectivity index (χ4v) is 6.10. The Morgan fingerprint density at radius 2 is 1.84 bits per heavy atom. The number of carbonyl (C=O) groups is 2. The third kappa shape index (κ3) is 5.13. The fourth-order valence-electron chi connectivity index (χ4n) is 6.10. The number of aryl methyl sites for hydroxylation is 1. The first kappa shape index (κ1) is 25.4. The molecule has 0 spiro atoms. The highest BCUT2D eigenvalue weighted by Gasteiger charge is 2.28. The van der Waals surface area contributed by atoms with E-state index in [2.05, 4.69) is 6.92 Å². The highest BCUT2D eigenvalue weighted by Crippen LogP contribution is 2.37. The van der Waals surface area contributed by atoms with Crippen molar-refractivity contribution in [1.29, 1.82) is 0 Å². The zero-order valence-electron chi connectivity index (χ0n) is 21.8. The third-order valence-electron chi connectivity index (χ3n) is 8.39. The molecule has 2 aliphatic rings. The van der Waals surface area contributed by atoms with Crippen LogP contribution in [0.1, 0.15) is 92.9 Å². The second-order valence-corrected chi connectivity index (χ2v) is 10.8. The van der Waals surface area contributed by atoms with Crippen LogP contribution < -0.4 is 0 Å². The normalized spacial score (nSPS) is 22.7. The zero-order chi connectivity index (χ0) is 26.1. The molecule has 1 aromatic carbocycles. The lowest BCUT2D eigenvalue weighted by Gasteiger charge is -2.27. The van der Waals surface area contributed by atoms with Crippen LogP contribution in [-0.2, 0) is 11.2 Å². The number of fused-ring (bicyclic) bond motifs is 1. The maximum Gasteiger partial charge on any atom is 0.306 e. The first-order chi connectivity index (χ1) is 17.9. The third-order valence-corrected chi connectivity index (χ3v) is 8.39. The van der Waals surface area contributed by atoms with Gasteiger partial charge < -0.3 is 14.4 Å². The molecule has 2 aromatic heterocycles. The lowest BCUT2D eigenvalue weighted by molar-refractivity contribution is -0.142. The van der Waals surface area contributed by atoms with Gasteiger partial charge in [-0.25, -0.2) is 9.37 Å². The van der Waals surface area contributed by atoms with Crippen LogP contribution in [0, 0.1) is 11.7 Å². The van der Waals surface area contributed by atoms with Crippen LogP contribution in [0.2, 0.25) is 0 Å². The monoisotopic (exact) mass is 505 g/mol. The van der Waals surface area contributed by atoms with Crippen molar-refractivity contribution in [1.82, 2.24) is 14.3 Å². The number of aliphatic carboxylic acids is 1. The van der Waals surface area contributed by atoms with Gasteiger partial charge in [-0.05, 0) is 81.5 Å². The first-order valence-corrected chi connectivity index (χ1v) is 13.7. The molecule has 1 atom stereocenters. The van der Waals surface area contributed by atoms with Crippen LogP contribution in [0.15, 0.2) is 36.5 Å². The molecule has 0 radical (unpaired) electrons. The summed E-state index contributed by atoms with van der Waals surface area (Å²) in [7, 11) is 0. The number of amides is 1. The number of carbonyl (C=O) groups excluding carboxylic acids is 1. The Kier molecular flexibility index (Phi) is 7.31. The molecule has 37 heavy (non-hydrogen) atoms. The number of benzene rings is 1. The molecule has 3 aromatic rings.